The molecule has 5 nitrogen and oxygen atoms in total. The van der Waals surface area contributed by atoms with Gasteiger partial charge < -0.3 is 9.80 Å². The lowest BCUT2D eigenvalue weighted by molar-refractivity contribution is -0.128. The van der Waals surface area contributed by atoms with Crippen molar-refractivity contribution in [3.8, 4) is 0 Å². The summed E-state index contributed by atoms with van der Waals surface area (Å²) in [5.41, 5.74) is 3.73. The monoisotopic (exact) mass is 405 g/mol. The molecule has 1 atom stereocenters. The summed E-state index contributed by atoms with van der Waals surface area (Å²) in [6.45, 7) is 3.17. The number of likely N-dealkylation sites (N-methyl/N-ethyl adjacent to an activating group) is 1. The number of hydrogen-bond acceptors (Lipinski definition) is 3. The van der Waals surface area contributed by atoms with Gasteiger partial charge in [-0.25, -0.2) is 4.79 Å². The number of fused-ring (bicyclic) bond motifs is 2. The van der Waals surface area contributed by atoms with E-state index in [0.29, 0.717) is 19.5 Å². The fourth-order valence-corrected chi connectivity index (χ4v) is 4.48. The number of rotatable bonds is 9. The zero-order valence-electron chi connectivity index (χ0n) is 17.8. The molecule has 2 aromatic carbocycles. The van der Waals surface area contributed by atoms with E-state index in [-0.39, 0.29) is 18.0 Å². The third-order valence-corrected chi connectivity index (χ3v) is 6.32. The lowest BCUT2D eigenvalue weighted by Crippen LogP contribution is -2.39. The largest absolute Gasteiger partial charge is 0.327 e. The molecule has 0 unspecified atom stereocenters. The van der Waals surface area contributed by atoms with Gasteiger partial charge in [-0.2, -0.15) is 0 Å². The quantitative estimate of drug-likeness (QED) is 0.472. The van der Waals surface area contributed by atoms with E-state index in [0.717, 1.165) is 44.3 Å². The number of urea groups is 1. The van der Waals surface area contributed by atoms with Crippen molar-refractivity contribution in [2.24, 2.45) is 0 Å². The Labute approximate surface area is 179 Å². The van der Waals surface area contributed by atoms with Crippen LogP contribution in [0.3, 0.4) is 0 Å². The maximum absolute atomic E-state index is 12.8. The van der Waals surface area contributed by atoms with Gasteiger partial charge in [-0.3, -0.25) is 9.69 Å². The van der Waals surface area contributed by atoms with Crippen LogP contribution in [0.5, 0.6) is 0 Å². The van der Waals surface area contributed by atoms with Crippen LogP contribution in [-0.2, 0) is 24.2 Å². The van der Waals surface area contributed by atoms with E-state index < -0.39 is 0 Å². The number of nitrogens with zero attached hydrogens (tertiary/aromatic N) is 3. The van der Waals surface area contributed by atoms with Crippen molar-refractivity contribution < 1.29 is 9.59 Å². The van der Waals surface area contributed by atoms with Crippen LogP contribution in [0.2, 0.25) is 0 Å². The van der Waals surface area contributed by atoms with E-state index >= 15 is 0 Å². The Morgan fingerprint density at radius 2 is 1.63 bits per heavy atom. The first kappa shape index (κ1) is 20.6. The van der Waals surface area contributed by atoms with Gasteiger partial charge >= 0.3 is 6.03 Å². The van der Waals surface area contributed by atoms with E-state index in [9.17, 15) is 9.59 Å². The van der Waals surface area contributed by atoms with Crippen molar-refractivity contribution in [3.63, 3.8) is 0 Å². The molecule has 0 aliphatic carbocycles. The van der Waals surface area contributed by atoms with Crippen LogP contribution < -0.4 is 0 Å². The van der Waals surface area contributed by atoms with Crippen molar-refractivity contribution in [2.45, 2.75) is 44.7 Å². The molecule has 0 radical (unpaired) electrons. The molecular weight excluding hydrogens is 374 g/mol. The van der Waals surface area contributed by atoms with Crippen LogP contribution in [0.15, 0.2) is 54.6 Å². The number of unbranched alkanes of at least 4 members (excludes halogenated alkanes) is 2. The highest BCUT2D eigenvalue weighted by molar-refractivity contribution is 6.04. The Bertz CT molecular complexity index is 840. The predicted octanol–water partition coefficient (Wildman–Crippen LogP) is 3.72. The Balaban J connectivity index is 1.18. The predicted molar refractivity (Wildman–Crippen MR) is 118 cm³/mol. The minimum Gasteiger partial charge on any atom is -0.308 e. The maximum Gasteiger partial charge on any atom is 0.327 e. The van der Waals surface area contributed by atoms with Crippen LogP contribution in [0, 0.1) is 0 Å². The van der Waals surface area contributed by atoms with Gasteiger partial charge in [0, 0.05) is 26.1 Å². The summed E-state index contributed by atoms with van der Waals surface area (Å²) in [6.07, 6.45) is 4.69. The normalized spacial score (nSPS) is 18.1. The summed E-state index contributed by atoms with van der Waals surface area (Å²) in [7, 11) is 2.16. The fraction of sp³-hybridized carbons (Fsp3) is 0.440. The summed E-state index contributed by atoms with van der Waals surface area (Å²) in [5.74, 6) is -0.0190. The van der Waals surface area contributed by atoms with Gasteiger partial charge in [0.2, 0.25) is 0 Å². The second-order valence-corrected chi connectivity index (χ2v) is 8.49. The summed E-state index contributed by atoms with van der Waals surface area (Å²) < 4.78 is 0. The van der Waals surface area contributed by atoms with E-state index in [2.05, 4.69) is 48.3 Å². The van der Waals surface area contributed by atoms with Gasteiger partial charge in [-0.05, 0) is 49.5 Å². The minimum absolute atomic E-state index is 0.0190. The molecule has 5 heteroatoms. The number of carbonyl (C=O) groups is 2. The van der Waals surface area contributed by atoms with Crippen LogP contribution in [0.4, 0.5) is 4.79 Å². The first-order valence-corrected chi connectivity index (χ1v) is 11.0. The summed E-state index contributed by atoms with van der Waals surface area (Å²) in [5, 5.41) is 0. The van der Waals surface area contributed by atoms with Crippen molar-refractivity contribution in [1.82, 2.24) is 14.7 Å². The Morgan fingerprint density at radius 3 is 2.43 bits per heavy atom. The smallest absolute Gasteiger partial charge is 0.308 e. The average Bonchev–Trinajstić information content (AvgIpc) is 3.00. The third-order valence-electron chi connectivity index (χ3n) is 6.32. The molecule has 0 N–H and O–H groups in total. The second-order valence-electron chi connectivity index (χ2n) is 8.49. The van der Waals surface area contributed by atoms with Gasteiger partial charge in [0.1, 0.15) is 6.04 Å². The summed E-state index contributed by atoms with van der Waals surface area (Å²) >= 11 is 0. The van der Waals surface area contributed by atoms with E-state index in [1.54, 1.807) is 4.90 Å². The molecule has 2 aliphatic rings. The van der Waals surface area contributed by atoms with Crippen LogP contribution in [0.25, 0.3) is 0 Å². The molecule has 1 fully saturated rings. The lowest BCUT2D eigenvalue weighted by Gasteiger charge is -2.28. The SMILES string of the molecule is CN(CCCCCN1C(=O)[C@@H]2Cc3ccccc3CN2C1=O)CCc1ccccc1. The van der Waals surface area contributed by atoms with Gasteiger partial charge in [0.15, 0.2) is 0 Å². The van der Waals surface area contributed by atoms with E-state index in [1.165, 1.54) is 16.0 Å². The second kappa shape index (κ2) is 9.43. The van der Waals surface area contributed by atoms with Crippen molar-refractivity contribution in [3.05, 3.63) is 71.3 Å². The van der Waals surface area contributed by atoms with Crippen LogP contribution in [0.1, 0.15) is 36.0 Å². The molecule has 2 aromatic rings. The third kappa shape index (κ3) is 4.57. The number of benzene rings is 2. The standard InChI is InChI=1S/C25H31N3O2/c1-26(17-14-20-10-4-2-5-11-20)15-8-3-9-16-27-24(29)23-18-21-12-6-7-13-22(21)19-28(23)25(27)30/h2,4-7,10-13,23H,3,8-9,14-19H2,1H3/t23-/m0/s1. The molecular formula is C25H31N3O2. The van der Waals surface area contributed by atoms with Gasteiger partial charge in [-0.1, -0.05) is 61.0 Å². The Morgan fingerprint density at radius 1 is 0.900 bits per heavy atom. The molecule has 0 aromatic heterocycles. The van der Waals surface area contributed by atoms with Crippen LogP contribution >= 0.6 is 0 Å². The highest BCUT2D eigenvalue weighted by atomic mass is 16.2. The lowest BCUT2D eigenvalue weighted by atomic mass is 9.95. The number of carbonyl (C=O) groups excluding carboxylic acids is 2. The topological polar surface area (TPSA) is 43.9 Å². The van der Waals surface area contributed by atoms with Gasteiger partial charge in [-0.15, -0.1) is 0 Å². The summed E-state index contributed by atoms with van der Waals surface area (Å²) in [4.78, 5) is 31.2. The highest BCUT2D eigenvalue weighted by Crippen LogP contribution is 2.30. The van der Waals surface area contributed by atoms with Crippen molar-refractivity contribution in [1.29, 1.82) is 0 Å². The molecule has 4 rings (SSSR count). The molecule has 0 bridgehead atoms. The zero-order chi connectivity index (χ0) is 20.9. The van der Waals surface area contributed by atoms with Crippen molar-refractivity contribution >= 4 is 11.9 Å². The molecule has 3 amide bonds. The Kier molecular flexibility index (Phi) is 6.48. The van der Waals surface area contributed by atoms with E-state index in [4.69, 9.17) is 0 Å². The van der Waals surface area contributed by atoms with Gasteiger partial charge in [0.25, 0.3) is 5.91 Å². The molecule has 0 spiro atoms. The number of hydrogen-bond donors (Lipinski definition) is 0. The first-order chi connectivity index (χ1) is 14.6. The molecule has 1 saturated heterocycles. The van der Waals surface area contributed by atoms with Crippen molar-refractivity contribution in [2.75, 3.05) is 26.7 Å². The van der Waals surface area contributed by atoms with E-state index in [1.807, 2.05) is 18.2 Å². The fourth-order valence-electron chi connectivity index (χ4n) is 4.48. The van der Waals surface area contributed by atoms with Crippen LogP contribution in [-0.4, -0.2) is 59.4 Å². The highest BCUT2D eigenvalue weighted by Gasteiger charge is 2.46. The molecule has 0 saturated carbocycles. The number of amides is 3. The number of imide groups is 1. The van der Waals surface area contributed by atoms with Gasteiger partial charge in [0.05, 0.1) is 0 Å². The minimum atomic E-state index is -0.309. The molecule has 158 valence electrons. The zero-order valence-corrected chi connectivity index (χ0v) is 17.8. The molecule has 2 heterocycles. The molecule has 2 aliphatic heterocycles. The average molecular weight is 406 g/mol. The first-order valence-electron chi connectivity index (χ1n) is 11.0. The maximum atomic E-state index is 12.8. The Hall–Kier alpha value is -2.66. The molecule has 30 heavy (non-hydrogen) atoms. The summed E-state index contributed by atoms with van der Waals surface area (Å²) in [6, 6.07) is 18.3.